The van der Waals surface area contributed by atoms with Crippen molar-refractivity contribution in [1.29, 1.82) is 0 Å². The summed E-state index contributed by atoms with van der Waals surface area (Å²) in [7, 11) is 0. The van der Waals surface area contributed by atoms with Gasteiger partial charge in [-0.15, -0.1) is 22.7 Å². The number of hydrogen-bond acceptors (Lipinski definition) is 5. The van der Waals surface area contributed by atoms with Crippen LogP contribution in [0.25, 0.3) is 20.8 Å². The van der Waals surface area contributed by atoms with Crippen molar-refractivity contribution >= 4 is 43.8 Å². The molecule has 1 N–H and O–H groups in total. The van der Waals surface area contributed by atoms with E-state index in [1.165, 1.54) is 20.7 Å². The lowest BCUT2D eigenvalue weighted by molar-refractivity contribution is -0.115. The van der Waals surface area contributed by atoms with Gasteiger partial charge in [-0.25, -0.2) is 4.98 Å². The Bertz CT molecular complexity index is 1440. The van der Waals surface area contributed by atoms with Crippen LogP contribution >= 0.6 is 22.7 Å². The maximum atomic E-state index is 13.0. The summed E-state index contributed by atoms with van der Waals surface area (Å²) in [4.78, 5) is 21.8. The third kappa shape index (κ3) is 4.78. The Morgan fingerprint density at radius 2 is 1.60 bits per heavy atom. The topological polar surface area (TPSA) is 45.2 Å². The van der Waals surface area contributed by atoms with E-state index in [0.717, 1.165) is 52.7 Å². The van der Waals surface area contributed by atoms with E-state index in [1.54, 1.807) is 22.7 Å². The van der Waals surface area contributed by atoms with Crippen molar-refractivity contribution in [2.24, 2.45) is 0 Å². The van der Waals surface area contributed by atoms with Crippen molar-refractivity contribution < 1.29 is 4.79 Å². The predicted molar refractivity (Wildman–Crippen MR) is 146 cm³/mol. The first-order chi connectivity index (χ1) is 17.2. The number of anilines is 1. The fraction of sp³-hybridized carbons (Fsp3) is 0.172. The van der Waals surface area contributed by atoms with Crippen LogP contribution < -0.4 is 5.32 Å². The van der Waals surface area contributed by atoms with Crippen LogP contribution in [0.3, 0.4) is 0 Å². The van der Waals surface area contributed by atoms with E-state index in [9.17, 15) is 4.79 Å². The molecular weight excluding hydrogens is 470 g/mol. The van der Waals surface area contributed by atoms with Gasteiger partial charge in [0.2, 0.25) is 5.91 Å². The molecule has 1 aliphatic rings. The second kappa shape index (κ2) is 9.74. The van der Waals surface area contributed by atoms with Gasteiger partial charge in [0.25, 0.3) is 0 Å². The molecular formula is C29H25N3OS2. The molecule has 0 spiro atoms. The molecule has 0 radical (unpaired) electrons. The average molecular weight is 496 g/mol. The minimum atomic E-state index is 0.0123. The number of thiazole rings is 1. The van der Waals surface area contributed by atoms with Gasteiger partial charge < -0.3 is 5.32 Å². The molecule has 0 saturated carbocycles. The lowest BCUT2D eigenvalue weighted by Gasteiger charge is -2.27. The van der Waals surface area contributed by atoms with Gasteiger partial charge >= 0.3 is 0 Å². The van der Waals surface area contributed by atoms with E-state index in [2.05, 4.69) is 58.7 Å². The summed E-state index contributed by atoms with van der Waals surface area (Å²) in [6.45, 7) is 2.82. The number of nitrogens with one attached hydrogen (secondary N) is 1. The Hall–Kier alpha value is -3.32. The number of hydrogen-bond donors (Lipinski definition) is 1. The van der Waals surface area contributed by atoms with E-state index in [1.807, 2.05) is 36.4 Å². The second-order valence-corrected chi connectivity index (χ2v) is 11.0. The van der Waals surface area contributed by atoms with Crippen molar-refractivity contribution in [2.75, 3.05) is 11.9 Å². The lowest BCUT2D eigenvalue weighted by atomic mass is 10.0. The molecule has 4 nitrogen and oxygen atoms in total. The van der Waals surface area contributed by atoms with Gasteiger partial charge in [0.05, 0.1) is 16.6 Å². The third-order valence-electron chi connectivity index (χ3n) is 6.35. The summed E-state index contributed by atoms with van der Waals surface area (Å²) in [6, 6.07) is 28.8. The summed E-state index contributed by atoms with van der Waals surface area (Å²) in [6.07, 6.45) is 1.32. The van der Waals surface area contributed by atoms with E-state index in [4.69, 9.17) is 4.98 Å². The standard InChI is InChI=1S/C29H25N3OS2/c33-26(17-20-9-3-1-4-10-20)31-29-27(28-30-23-13-7-8-14-24(23)34-28)22-15-16-32(19-25(22)35-29)18-21-11-5-2-6-12-21/h1-14H,15-19H2,(H,31,33). The monoisotopic (exact) mass is 495 g/mol. The van der Waals surface area contributed by atoms with E-state index in [-0.39, 0.29) is 5.91 Å². The number of amides is 1. The highest BCUT2D eigenvalue weighted by Crippen LogP contribution is 2.45. The Morgan fingerprint density at radius 3 is 2.37 bits per heavy atom. The molecule has 5 aromatic rings. The largest absolute Gasteiger partial charge is 0.317 e. The van der Waals surface area contributed by atoms with Gasteiger partial charge in [-0.3, -0.25) is 9.69 Å². The maximum Gasteiger partial charge on any atom is 0.229 e. The molecule has 6 heteroatoms. The van der Waals surface area contributed by atoms with Gasteiger partial charge in [0, 0.05) is 30.1 Å². The van der Waals surface area contributed by atoms with Crippen molar-refractivity contribution in [3.8, 4) is 10.6 Å². The van der Waals surface area contributed by atoms with Crippen LogP contribution in [0.5, 0.6) is 0 Å². The number of rotatable bonds is 6. The molecule has 1 aliphatic heterocycles. The first kappa shape index (κ1) is 22.2. The summed E-state index contributed by atoms with van der Waals surface area (Å²) in [5.41, 5.74) is 5.81. The highest BCUT2D eigenvalue weighted by atomic mass is 32.1. The summed E-state index contributed by atoms with van der Waals surface area (Å²) in [5.74, 6) is 0.0123. The van der Waals surface area contributed by atoms with Gasteiger partial charge in [0.1, 0.15) is 10.0 Å². The zero-order valence-electron chi connectivity index (χ0n) is 19.2. The predicted octanol–water partition coefficient (Wildman–Crippen LogP) is 6.76. The van der Waals surface area contributed by atoms with Crippen LogP contribution in [0, 0.1) is 0 Å². The van der Waals surface area contributed by atoms with E-state index in [0.29, 0.717) is 6.42 Å². The Labute approximate surface area is 212 Å². The zero-order valence-corrected chi connectivity index (χ0v) is 20.9. The first-order valence-corrected chi connectivity index (χ1v) is 13.5. The first-order valence-electron chi connectivity index (χ1n) is 11.8. The average Bonchev–Trinajstić information content (AvgIpc) is 3.45. The fourth-order valence-corrected chi connectivity index (χ4v) is 7.10. The number of fused-ring (bicyclic) bond motifs is 2. The normalized spacial score (nSPS) is 13.6. The van der Waals surface area contributed by atoms with Crippen molar-refractivity contribution in [1.82, 2.24) is 9.88 Å². The molecule has 0 atom stereocenters. The number of carbonyl (C=O) groups excluding carboxylic acids is 1. The van der Waals surface area contributed by atoms with Gasteiger partial charge in [-0.2, -0.15) is 0 Å². The van der Waals surface area contributed by atoms with Gasteiger partial charge in [-0.05, 0) is 35.2 Å². The highest BCUT2D eigenvalue weighted by molar-refractivity contribution is 7.22. The van der Waals surface area contributed by atoms with Gasteiger partial charge in [0.15, 0.2) is 0 Å². The SMILES string of the molecule is O=C(Cc1ccccc1)Nc1sc2c(c1-c1nc3ccccc3s1)CCN(Cc1ccccc1)C2. The minimum Gasteiger partial charge on any atom is -0.317 e. The van der Waals surface area contributed by atoms with Crippen molar-refractivity contribution in [2.45, 2.75) is 25.9 Å². The van der Waals surface area contributed by atoms with Crippen LogP contribution in [0.15, 0.2) is 84.9 Å². The lowest BCUT2D eigenvalue weighted by Crippen LogP contribution is -2.29. The quantitative estimate of drug-likeness (QED) is 0.283. The molecule has 1 amide bonds. The molecule has 35 heavy (non-hydrogen) atoms. The number of benzene rings is 3. The molecule has 0 saturated heterocycles. The van der Waals surface area contributed by atoms with Crippen LogP contribution in [-0.2, 0) is 30.7 Å². The zero-order chi connectivity index (χ0) is 23.6. The van der Waals surface area contributed by atoms with Crippen LogP contribution in [0.1, 0.15) is 21.6 Å². The smallest absolute Gasteiger partial charge is 0.229 e. The number of nitrogens with zero attached hydrogens (tertiary/aromatic N) is 2. The number of para-hydroxylation sites is 1. The van der Waals surface area contributed by atoms with Crippen LogP contribution in [0.4, 0.5) is 5.00 Å². The van der Waals surface area contributed by atoms with Gasteiger partial charge in [-0.1, -0.05) is 72.8 Å². The molecule has 0 bridgehead atoms. The molecule has 174 valence electrons. The second-order valence-electron chi connectivity index (χ2n) is 8.85. The maximum absolute atomic E-state index is 13.0. The van der Waals surface area contributed by atoms with Crippen LogP contribution in [-0.4, -0.2) is 22.3 Å². The minimum absolute atomic E-state index is 0.0123. The molecule has 0 aliphatic carbocycles. The number of aromatic nitrogens is 1. The molecule has 0 unspecified atom stereocenters. The number of thiophene rings is 1. The molecule has 0 fully saturated rings. The van der Waals surface area contributed by atoms with E-state index >= 15 is 0 Å². The molecule has 2 aromatic heterocycles. The summed E-state index contributed by atoms with van der Waals surface area (Å²) >= 11 is 3.42. The molecule has 3 heterocycles. The van der Waals surface area contributed by atoms with Crippen molar-refractivity contribution in [3.63, 3.8) is 0 Å². The molecule has 6 rings (SSSR count). The third-order valence-corrected chi connectivity index (χ3v) is 8.54. The highest BCUT2D eigenvalue weighted by Gasteiger charge is 2.27. The van der Waals surface area contributed by atoms with Crippen LogP contribution in [0.2, 0.25) is 0 Å². The fourth-order valence-electron chi connectivity index (χ4n) is 4.68. The number of carbonyl (C=O) groups is 1. The summed E-state index contributed by atoms with van der Waals surface area (Å²) in [5, 5.41) is 5.17. The van der Waals surface area contributed by atoms with E-state index < -0.39 is 0 Å². The van der Waals surface area contributed by atoms with Crippen molar-refractivity contribution in [3.05, 3.63) is 106 Å². The summed E-state index contributed by atoms with van der Waals surface area (Å²) < 4.78 is 1.17. The Morgan fingerprint density at radius 1 is 0.886 bits per heavy atom. The molecule has 3 aromatic carbocycles. The Kier molecular flexibility index (Phi) is 6.17. The Balaban J connectivity index is 1.33.